The molecule has 0 aromatic heterocycles. The van der Waals surface area contributed by atoms with Crippen molar-refractivity contribution >= 4 is 35.6 Å². The Hall–Kier alpha value is -3.74. The van der Waals surface area contributed by atoms with Crippen molar-refractivity contribution in [3.8, 4) is 0 Å². The zero-order chi connectivity index (χ0) is 26.4. The maximum absolute atomic E-state index is 12.8. The zero-order valence-corrected chi connectivity index (χ0v) is 19.5. The topological polar surface area (TPSA) is 217 Å². The molecule has 0 saturated carbocycles. The summed E-state index contributed by atoms with van der Waals surface area (Å²) in [4.78, 5) is 71.3. The second-order valence-electron chi connectivity index (χ2n) is 7.90. The summed E-state index contributed by atoms with van der Waals surface area (Å²) in [7, 11) is 0. The molecule has 0 spiro atoms. The van der Waals surface area contributed by atoms with Crippen molar-refractivity contribution in [2.75, 3.05) is 13.1 Å². The minimum absolute atomic E-state index is 0.00223. The standard InChI is InChI=1S/C22H33N5O8/c1-2-14(20(32)24-12-19(30)31)25-17(28)8-7-15(22(34)35)27-21(33)16(26-18(29)9-10-23)11-13-5-3-4-6-13/h3-5,14-16H,2,6-12,23H2,1H3,(H,24,32)(H,25,28)(H,26,29)(H,27,33)(H,30,31)(H,34,35). The van der Waals surface area contributed by atoms with Crippen LogP contribution in [0.4, 0.5) is 0 Å². The fourth-order valence-electron chi connectivity index (χ4n) is 3.22. The molecule has 0 bridgehead atoms. The molecule has 194 valence electrons. The molecule has 0 heterocycles. The van der Waals surface area contributed by atoms with E-state index in [0.717, 1.165) is 5.57 Å². The van der Waals surface area contributed by atoms with Crippen LogP contribution in [0.3, 0.4) is 0 Å². The highest BCUT2D eigenvalue weighted by molar-refractivity contribution is 5.91. The first-order valence-electron chi connectivity index (χ1n) is 11.2. The Balaban J connectivity index is 2.72. The van der Waals surface area contributed by atoms with Gasteiger partial charge < -0.3 is 37.2 Å². The van der Waals surface area contributed by atoms with Crippen LogP contribution in [-0.2, 0) is 28.8 Å². The molecule has 0 aromatic carbocycles. The van der Waals surface area contributed by atoms with Gasteiger partial charge in [0.25, 0.3) is 0 Å². The molecule has 3 unspecified atom stereocenters. The molecular formula is C22H33N5O8. The zero-order valence-electron chi connectivity index (χ0n) is 19.5. The Kier molecular flexibility index (Phi) is 12.7. The van der Waals surface area contributed by atoms with E-state index in [4.69, 9.17) is 10.8 Å². The first-order chi connectivity index (χ1) is 16.6. The van der Waals surface area contributed by atoms with E-state index in [9.17, 15) is 33.9 Å². The molecule has 13 heteroatoms. The van der Waals surface area contributed by atoms with Crippen molar-refractivity contribution in [3.05, 3.63) is 23.8 Å². The minimum atomic E-state index is -1.42. The van der Waals surface area contributed by atoms with Crippen LogP contribution in [0.5, 0.6) is 0 Å². The number of nitrogens with two attached hydrogens (primary N) is 1. The van der Waals surface area contributed by atoms with E-state index in [1.54, 1.807) is 6.92 Å². The molecule has 0 saturated heterocycles. The number of carboxylic acid groups (broad SMARTS) is 2. The lowest BCUT2D eigenvalue weighted by Crippen LogP contribution is -2.52. The number of hydrogen-bond donors (Lipinski definition) is 7. The molecule has 1 aliphatic rings. The second-order valence-corrected chi connectivity index (χ2v) is 7.90. The highest BCUT2D eigenvalue weighted by atomic mass is 16.4. The van der Waals surface area contributed by atoms with Crippen LogP contribution in [-0.4, -0.2) is 77.0 Å². The molecule has 3 atom stereocenters. The maximum Gasteiger partial charge on any atom is 0.326 e. The van der Waals surface area contributed by atoms with Gasteiger partial charge in [-0.2, -0.15) is 0 Å². The van der Waals surface area contributed by atoms with Crippen LogP contribution >= 0.6 is 0 Å². The largest absolute Gasteiger partial charge is 0.480 e. The second kappa shape index (κ2) is 15.2. The third-order valence-corrected chi connectivity index (χ3v) is 5.09. The predicted molar refractivity (Wildman–Crippen MR) is 124 cm³/mol. The van der Waals surface area contributed by atoms with Crippen LogP contribution in [0.1, 0.15) is 45.4 Å². The van der Waals surface area contributed by atoms with Crippen LogP contribution in [0.25, 0.3) is 0 Å². The average Bonchev–Trinajstić information content (AvgIpc) is 3.31. The quantitative estimate of drug-likeness (QED) is 0.133. The SMILES string of the molecule is CCC(NC(=O)CCC(NC(=O)C(CC1=CC=CC1)NC(=O)CCN)C(=O)O)C(=O)NCC(=O)O. The third-order valence-electron chi connectivity index (χ3n) is 5.09. The summed E-state index contributed by atoms with van der Waals surface area (Å²) < 4.78 is 0. The van der Waals surface area contributed by atoms with Gasteiger partial charge in [0.1, 0.15) is 24.7 Å². The van der Waals surface area contributed by atoms with Crippen LogP contribution in [0, 0.1) is 0 Å². The van der Waals surface area contributed by atoms with Gasteiger partial charge in [-0.25, -0.2) is 4.79 Å². The molecule has 1 rings (SSSR count). The summed E-state index contributed by atoms with van der Waals surface area (Å²) in [5, 5.41) is 27.6. The molecule has 0 aliphatic heterocycles. The molecule has 8 N–H and O–H groups in total. The molecule has 0 radical (unpaired) electrons. The van der Waals surface area contributed by atoms with Crippen molar-refractivity contribution in [1.29, 1.82) is 0 Å². The lowest BCUT2D eigenvalue weighted by atomic mass is 10.0. The van der Waals surface area contributed by atoms with E-state index in [-0.39, 0.29) is 38.6 Å². The molecule has 4 amide bonds. The Bertz CT molecular complexity index is 870. The first kappa shape index (κ1) is 29.3. The number of carbonyl (C=O) groups excluding carboxylic acids is 4. The summed E-state index contributed by atoms with van der Waals surface area (Å²) in [6, 6.07) is -3.42. The van der Waals surface area contributed by atoms with Crippen molar-refractivity contribution in [3.63, 3.8) is 0 Å². The van der Waals surface area contributed by atoms with Crippen molar-refractivity contribution < 1.29 is 39.0 Å². The van der Waals surface area contributed by atoms with Gasteiger partial charge in [-0.3, -0.25) is 24.0 Å². The normalized spacial score (nSPS) is 14.7. The lowest BCUT2D eigenvalue weighted by Gasteiger charge is -2.22. The van der Waals surface area contributed by atoms with Crippen molar-refractivity contribution in [1.82, 2.24) is 21.3 Å². The van der Waals surface area contributed by atoms with E-state index in [2.05, 4.69) is 21.3 Å². The number of carboxylic acids is 2. The van der Waals surface area contributed by atoms with Crippen LogP contribution in [0.15, 0.2) is 23.8 Å². The smallest absolute Gasteiger partial charge is 0.326 e. The van der Waals surface area contributed by atoms with Gasteiger partial charge in [-0.05, 0) is 25.7 Å². The Labute approximate surface area is 202 Å². The Morgan fingerprint density at radius 3 is 2.14 bits per heavy atom. The van der Waals surface area contributed by atoms with Gasteiger partial charge in [0.15, 0.2) is 0 Å². The number of amides is 4. The maximum atomic E-state index is 12.8. The molecule has 35 heavy (non-hydrogen) atoms. The van der Waals surface area contributed by atoms with Gasteiger partial charge in [0.2, 0.25) is 23.6 Å². The summed E-state index contributed by atoms with van der Waals surface area (Å²) in [6.07, 6.45) is 5.90. The number of nitrogens with one attached hydrogen (secondary N) is 4. The molecule has 0 fully saturated rings. The van der Waals surface area contributed by atoms with Gasteiger partial charge >= 0.3 is 11.9 Å². The fraction of sp³-hybridized carbons (Fsp3) is 0.545. The van der Waals surface area contributed by atoms with Crippen molar-refractivity contribution in [2.45, 2.75) is 63.6 Å². The van der Waals surface area contributed by atoms with E-state index in [1.807, 2.05) is 18.2 Å². The summed E-state index contributed by atoms with van der Waals surface area (Å²) in [5.74, 6) is -5.09. The monoisotopic (exact) mass is 495 g/mol. The number of carbonyl (C=O) groups is 6. The number of allylic oxidation sites excluding steroid dienone is 3. The van der Waals surface area contributed by atoms with Crippen molar-refractivity contribution in [2.24, 2.45) is 5.73 Å². The Morgan fingerprint density at radius 2 is 1.60 bits per heavy atom. The molecule has 1 aliphatic carbocycles. The van der Waals surface area contributed by atoms with E-state index >= 15 is 0 Å². The summed E-state index contributed by atoms with van der Waals surface area (Å²) >= 11 is 0. The first-order valence-corrected chi connectivity index (χ1v) is 11.2. The highest BCUT2D eigenvalue weighted by Gasteiger charge is 2.28. The number of hydrogen-bond acceptors (Lipinski definition) is 7. The molecule has 13 nitrogen and oxygen atoms in total. The summed E-state index contributed by atoms with van der Waals surface area (Å²) in [5.41, 5.74) is 6.26. The number of aliphatic carboxylic acids is 2. The van der Waals surface area contributed by atoms with Gasteiger partial charge in [-0.1, -0.05) is 30.7 Å². The van der Waals surface area contributed by atoms with Crippen LogP contribution < -0.4 is 27.0 Å². The highest BCUT2D eigenvalue weighted by Crippen LogP contribution is 2.17. The van der Waals surface area contributed by atoms with E-state index < -0.39 is 60.2 Å². The van der Waals surface area contributed by atoms with Crippen LogP contribution in [0.2, 0.25) is 0 Å². The van der Waals surface area contributed by atoms with E-state index in [0.29, 0.717) is 6.42 Å². The number of rotatable bonds is 16. The Morgan fingerprint density at radius 1 is 0.943 bits per heavy atom. The van der Waals surface area contributed by atoms with E-state index in [1.165, 1.54) is 0 Å². The summed E-state index contributed by atoms with van der Waals surface area (Å²) in [6.45, 7) is 1.10. The third kappa shape index (κ3) is 11.3. The predicted octanol–water partition coefficient (Wildman–Crippen LogP) is -1.46. The van der Waals surface area contributed by atoms with Gasteiger partial charge in [-0.15, -0.1) is 0 Å². The van der Waals surface area contributed by atoms with Gasteiger partial charge in [0.05, 0.1) is 0 Å². The fourth-order valence-corrected chi connectivity index (χ4v) is 3.22. The van der Waals surface area contributed by atoms with Gasteiger partial charge in [0, 0.05) is 19.4 Å². The average molecular weight is 496 g/mol. The molecule has 0 aromatic rings. The lowest BCUT2D eigenvalue weighted by molar-refractivity contribution is -0.142. The molecular weight excluding hydrogens is 462 g/mol. The minimum Gasteiger partial charge on any atom is -0.480 e.